The Morgan fingerprint density at radius 2 is 1.39 bits per heavy atom. The van der Waals surface area contributed by atoms with Crippen LogP contribution in [0.15, 0.2) is 145 Å². The van der Waals surface area contributed by atoms with Crippen molar-refractivity contribution < 1.29 is 21.1 Å². The van der Waals surface area contributed by atoms with Gasteiger partial charge in [-0.25, -0.2) is 0 Å². The van der Waals surface area contributed by atoms with E-state index in [1.165, 1.54) is 33.4 Å². The van der Waals surface area contributed by atoms with E-state index in [0.717, 1.165) is 34.4 Å². The molecule has 0 radical (unpaired) electrons. The van der Waals surface area contributed by atoms with E-state index in [1.54, 1.807) is 0 Å². The molecule has 5 nitrogen and oxygen atoms in total. The van der Waals surface area contributed by atoms with Crippen LogP contribution in [0.1, 0.15) is 28.7 Å². The third-order valence-electron chi connectivity index (χ3n) is 9.54. The Morgan fingerprint density at radius 3 is 2.08 bits per heavy atom. The van der Waals surface area contributed by atoms with Gasteiger partial charge in [0.1, 0.15) is 0 Å². The van der Waals surface area contributed by atoms with Gasteiger partial charge in [-0.3, -0.25) is 0 Å². The van der Waals surface area contributed by atoms with Crippen molar-refractivity contribution in [3.63, 3.8) is 0 Å². The van der Waals surface area contributed by atoms with Crippen LogP contribution in [0.3, 0.4) is 0 Å². The Labute approximate surface area is 317 Å². The number of nitrogens with zero attached hydrogens (tertiary/aromatic N) is 5. The second-order valence-electron chi connectivity index (χ2n) is 13.1. The van der Waals surface area contributed by atoms with Crippen LogP contribution < -0.4 is 31.2 Å². The second-order valence-corrected chi connectivity index (χ2v) is 13.1. The van der Waals surface area contributed by atoms with Gasteiger partial charge in [-0.2, -0.15) is 65.2 Å². The predicted octanol–water partition coefficient (Wildman–Crippen LogP) is 7.24. The molecule has 0 fully saturated rings. The summed E-state index contributed by atoms with van der Waals surface area (Å²) in [6.07, 6.45) is 13.8. The van der Waals surface area contributed by atoms with E-state index in [2.05, 4.69) is 171 Å². The van der Waals surface area contributed by atoms with Crippen molar-refractivity contribution in [2.45, 2.75) is 33.2 Å². The molecule has 1 aliphatic carbocycles. The summed E-state index contributed by atoms with van der Waals surface area (Å²) in [5.74, 6) is 0. The molecule has 0 N–H and O–H groups in total. The topological polar surface area (TPSA) is 25.3 Å². The van der Waals surface area contributed by atoms with Crippen molar-refractivity contribution in [2.24, 2.45) is 5.10 Å². The largest absolute Gasteiger partial charge is 4.00 e. The van der Waals surface area contributed by atoms with Crippen LogP contribution in [0.4, 0.5) is 17.1 Å². The summed E-state index contributed by atoms with van der Waals surface area (Å²) in [6.45, 7) is 10.7. The number of benzene rings is 5. The molecule has 0 saturated heterocycles. The number of aryl methyl sites for hydroxylation is 3. The van der Waals surface area contributed by atoms with E-state index in [1.807, 2.05) is 41.1 Å². The molecule has 51 heavy (non-hydrogen) atoms. The van der Waals surface area contributed by atoms with E-state index in [0.29, 0.717) is 0 Å². The van der Waals surface area contributed by atoms with Gasteiger partial charge in [0.25, 0.3) is 0 Å². The molecule has 0 amide bonds. The maximum absolute atomic E-state index is 4.71. The van der Waals surface area contributed by atoms with Crippen molar-refractivity contribution in [3.05, 3.63) is 187 Å². The zero-order valence-corrected chi connectivity index (χ0v) is 31.2. The quantitative estimate of drug-likeness (QED) is 0.122. The third-order valence-corrected chi connectivity index (χ3v) is 9.54. The smallest absolute Gasteiger partial charge is 0.500 e. The van der Waals surface area contributed by atoms with Crippen LogP contribution >= 0.6 is 0 Å². The standard InChI is InChI=1S/C44H38BN5.Pt/c1-33-25-34(2)44(35(3)26-33)45(38-18-14-24-42(28-38)50-32-48(30-46-50)39-19-9-5-10-20-39)37-17-13-23-41(27-37)47-29-43(36-15-7-4-8-16-36)49(31-47)40-21-11-6-12-22-40;/h4-21,23-26,29-32,40H,22H2,1-3H3;/q-4;+4/t40-;/m1./s1. The molecule has 1 atom stereocenters. The van der Waals surface area contributed by atoms with Crippen molar-refractivity contribution in [1.29, 1.82) is 0 Å². The number of rotatable bonds is 8. The maximum Gasteiger partial charge on any atom is 4.00 e. The summed E-state index contributed by atoms with van der Waals surface area (Å²) in [6, 6.07) is 46.2. The summed E-state index contributed by atoms with van der Waals surface area (Å²) >= 11 is 0. The SMILES string of the molecule is Cc1cc(C)c(B(c2[c-]c(N3C=C(c4ccccc4)N([C@@H]4C=CC=CC4)[CH-]3)ccc2)c2[c-]c(N3[CH-]N(c4ccccc4)C=N3)ccc2)c(C)c1.[Pt+4]. The minimum Gasteiger partial charge on any atom is -0.500 e. The van der Waals surface area contributed by atoms with Crippen LogP contribution in [0.2, 0.25) is 0 Å². The van der Waals surface area contributed by atoms with Gasteiger partial charge in [0.2, 0.25) is 0 Å². The maximum atomic E-state index is 4.71. The monoisotopic (exact) mass is 842 g/mol. The zero-order valence-electron chi connectivity index (χ0n) is 28.9. The van der Waals surface area contributed by atoms with Crippen LogP contribution in [-0.2, 0) is 21.1 Å². The number of hydrogen-bond acceptors (Lipinski definition) is 5. The van der Waals surface area contributed by atoms with Gasteiger partial charge >= 0.3 is 21.1 Å². The molecule has 252 valence electrons. The van der Waals surface area contributed by atoms with E-state index in [4.69, 9.17) is 5.10 Å². The van der Waals surface area contributed by atoms with Crippen molar-refractivity contribution in [3.8, 4) is 0 Å². The van der Waals surface area contributed by atoms with Crippen molar-refractivity contribution >= 4 is 52.2 Å². The van der Waals surface area contributed by atoms with Crippen LogP contribution in [0, 0.1) is 46.2 Å². The van der Waals surface area contributed by atoms with E-state index < -0.39 is 0 Å². The van der Waals surface area contributed by atoms with Gasteiger partial charge in [-0.1, -0.05) is 113 Å². The normalized spacial score (nSPS) is 16.5. The van der Waals surface area contributed by atoms with Crippen molar-refractivity contribution in [2.75, 3.05) is 14.8 Å². The molecule has 5 aromatic carbocycles. The fourth-order valence-corrected chi connectivity index (χ4v) is 7.27. The zero-order chi connectivity index (χ0) is 34.0. The molecule has 5 aromatic rings. The number of hydrazone groups is 1. The number of para-hydroxylation sites is 1. The fourth-order valence-electron chi connectivity index (χ4n) is 7.27. The Bertz CT molecular complexity index is 2100. The molecule has 2 heterocycles. The van der Waals surface area contributed by atoms with Gasteiger partial charge in [-0.05, 0) is 51.1 Å². The summed E-state index contributed by atoms with van der Waals surface area (Å²) < 4.78 is 0. The molecular formula is C44H38BN5Pt. The van der Waals surface area contributed by atoms with Crippen LogP contribution in [0.5, 0.6) is 0 Å². The van der Waals surface area contributed by atoms with E-state index in [9.17, 15) is 0 Å². The first-order valence-corrected chi connectivity index (χ1v) is 17.2. The third kappa shape index (κ3) is 7.11. The first kappa shape index (κ1) is 34.4. The van der Waals surface area contributed by atoms with Gasteiger partial charge in [-0.15, -0.1) is 18.4 Å². The molecule has 0 unspecified atom stereocenters. The molecule has 7 heteroatoms. The minimum atomic E-state index is -0.0880. The Kier molecular flexibility index (Phi) is 10.1. The van der Waals surface area contributed by atoms with Gasteiger partial charge in [0.05, 0.1) is 6.34 Å². The van der Waals surface area contributed by atoms with Crippen LogP contribution in [-0.4, -0.2) is 24.0 Å². The minimum absolute atomic E-state index is 0. The van der Waals surface area contributed by atoms with Crippen molar-refractivity contribution in [1.82, 2.24) is 4.90 Å². The average molecular weight is 843 g/mol. The first-order chi connectivity index (χ1) is 24.5. The molecule has 0 saturated carbocycles. The molecule has 8 rings (SSSR count). The van der Waals surface area contributed by atoms with E-state index in [-0.39, 0.29) is 33.8 Å². The van der Waals surface area contributed by atoms with Crippen LogP contribution in [0.25, 0.3) is 5.70 Å². The number of hydrogen-bond donors (Lipinski definition) is 0. The Hall–Kier alpha value is -5.06. The molecule has 0 aromatic heterocycles. The van der Waals surface area contributed by atoms with Gasteiger partial charge in [0, 0.05) is 17.4 Å². The average Bonchev–Trinajstić information content (AvgIpc) is 3.84. The van der Waals surface area contributed by atoms with Gasteiger partial charge < -0.3 is 19.7 Å². The second kappa shape index (κ2) is 15.0. The van der Waals surface area contributed by atoms with Gasteiger partial charge in [0.15, 0.2) is 6.71 Å². The molecule has 3 aliphatic rings. The Balaban J connectivity index is 0.00000406. The molecule has 0 bridgehead atoms. The summed E-state index contributed by atoms with van der Waals surface area (Å²) in [4.78, 5) is 6.62. The summed E-state index contributed by atoms with van der Waals surface area (Å²) in [5.41, 5.74) is 12.5. The first-order valence-electron chi connectivity index (χ1n) is 17.2. The number of anilines is 3. The Morgan fingerprint density at radius 1 is 0.725 bits per heavy atom. The number of allylic oxidation sites excluding steroid dienone is 2. The predicted molar refractivity (Wildman–Crippen MR) is 210 cm³/mol. The summed E-state index contributed by atoms with van der Waals surface area (Å²) in [7, 11) is 0. The molecule has 0 spiro atoms. The van der Waals surface area contributed by atoms with E-state index >= 15 is 0 Å². The molecule has 2 aliphatic heterocycles. The molecular weight excluding hydrogens is 804 g/mol. The fraction of sp³-hybridized carbons (Fsp3) is 0.114. The summed E-state index contributed by atoms with van der Waals surface area (Å²) in [5, 5.41) is 6.60.